The molecule has 3 heteroatoms. The molecule has 206 valence electrons. The second-order valence-electron chi connectivity index (χ2n) is 11.8. The van der Waals surface area contributed by atoms with E-state index in [-0.39, 0.29) is 16.5 Å². The zero-order valence-corrected chi connectivity index (χ0v) is 25.6. The van der Waals surface area contributed by atoms with Crippen LogP contribution < -0.4 is 0 Å². The van der Waals surface area contributed by atoms with Crippen molar-refractivity contribution in [2.24, 2.45) is 9.98 Å². The summed E-state index contributed by atoms with van der Waals surface area (Å²) in [4.78, 5) is 11.1. The van der Waals surface area contributed by atoms with Crippen molar-refractivity contribution in [1.29, 1.82) is 0 Å². The molecule has 0 spiro atoms. The fourth-order valence-electron chi connectivity index (χ4n) is 5.72. The third kappa shape index (κ3) is 5.27. The molecule has 0 saturated heterocycles. The molecule has 2 nitrogen and oxygen atoms in total. The van der Waals surface area contributed by atoms with Crippen LogP contribution in [0.15, 0.2) is 82.8 Å². The van der Waals surface area contributed by atoms with Crippen LogP contribution in [0.5, 0.6) is 0 Å². The topological polar surface area (TPSA) is 24.7 Å². The van der Waals surface area contributed by atoms with Crippen molar-refractivity contribution in [3.63, 3.8) is 0 Å². The second-order valence-corrected chi connectivity index (χ2v) is 11.8. The summed E-state index contributed by atoms with van der Waals surface area (Å²) in [5.74, 6) is 1.51. The van der Waals surface area contributed by atoms with Crippen LogP contribution in [0.1, 0.15) is 112 Å². The van der Waals surface area contributed by atoms with Crippen LogP contribution >= 0.6 is 0 Å². The molecule has 0 amide bonds. The molecule has 0 radical (unpaired) electrons. The van der Waals surface area contributed by atoms with Gasteiger partial charge in [0.2, 0.25) is 0 Å². The molecule has 0 bridgehead atoms. The molecule has 0 aromatic heterocycles. The van der Waals surface area contributed by atoms with Gasteiger partial charge in [0.05, 0.1) is 22.8 Å². The van der Waals surface area contributed by atoms with Crippen LogP contribution in [-0.4, -0.2) is 11.4 Å². The van der Waals surface area contributed by atoms with Gasteiger partial charge in [-0.05, 0) is 51.3 Å². The number of hydrogen-bond acceptors (Lipinski definition) is 2. The molecular weight excluding hydrogens is 519 g/mol. The van der Waals surface area contributed by atoms with Gasteiger partial charge in [0, 0.05) is 16.5 Å². The third-order valence-corrected chi connectivity index (χ3v) is 7.77. The Morgan fingerprint density at radius 2 is 0.744 bits per heavy atom. The van der Waals surface area contributed by atoms with Crippen molar-refractivity contribution in [2.75, 3.05) is 0 Å². The van der Waals surface area contributed by atoms with Gasteiger partial charge in [-0.25, -0.2) is 9.98 Å². The van der Waals surface area contributed by atoms with Crippen LogP contribution in [0, 0.1) is 0 Å². The van der Waals surface area contributed by atoms with E-state index in [2.05, 4.69) is 128 Å². The van der Waals surface area contributed by atoms with Gasteiger partial charge in [0.25, 0.3) is 0 Å². The Kier molecular flexibility index (Phi) is 8.62. The summed E-state index contributed by atoms with van der Waals surface area (Å²) in [5.41, 5.74) is 11.7. The molecule has 0 heterocycles. The summed E-state index contributed by atoms with van der Waals surface area (Å²) in [7, 11) is 0. The maximum absolute atomic E-state index is 5.55. The molecule has 0 atom stereocenters. The minimum atomic E-state index is 0. The van der Waals surface area contributed by atoms with E-state index in [4.69, 9.17) is 9.98 Å². The first kappa shape index (κ1) is 29.0. The maximum atomic E-state index is 5.55. The average Bonchev–Trinajstić information content (AvgIpc) is 3.17. The number of para-hydroxylation sites is 2. The Balaban J connectivity index is 0.00000353. The number of benzene rings is 4. The van der Waals surface area contributed by atoms with Crippen molar-refractivity contribution < 1.29 is 16.5 Å². The Morgan fingerprint density at radius 1 is 0.436 bits per heavy atom. The Hall–Kier alpha value is -3.03. The van der Waals surface area contributed by atoms with Gasteiger partial charge in [0.1, 0.15) is 0 Å². The summed E-state index contributed by atoms with van der Waals surface area (Å²) in [5, 5.41) is 2.49. The predicted octanol–water partition coefficient (Wildman–Crippen LogP) is 10.1. The van der Waals surface area contributed by atoms with E-state index < -0.39 is 0 Å². The van der Waals surface area contributed by atoms with Gasteiger partial charge >= 0.3 is 16.5 Å². The Bertz CT molecular complexity index is 1400. The average molecular weight is 561 g/mol. The van der Waals surface area contributed by atoms with Crippen LogP contribution in [0.3, 0.4) is 0 Å². The van der Waals surface area contributed by atoms with Gasteiger partial charge in [0.15, 0.2) is 0 Å². The molecular formula is C36H42N2Ni. The first-order chi connectivity index (χ1) is 18.2. The normalized spacial score (nSPS) is 15.0. The molecule has 5 rings (SSSR count). The molecule has 0 saturated carbocycles. The number of hydrogen-bond donors (Lipinski definition) is 0. The van der Waals surface area contributed by atoms with Crippen LogP contribution in [-0.2, 0) is 16.5 Å². The molecule has 1 aliphatic carbocycles. The zero-order chi connectivity index (χ0) is 27.1. The Labute approximate surface area is 244 Å². The minimum absolute atomic E-state index is 0. The summed E-state index contributed by atoms with van der Waals surface area (Å²) in [6.07, 6.45) is 0. The number of nitrogens with zero attached hydrogens (tertiary/aromatic N) is 2. The van der Waals surface area contributed by atoms with E-state index in [9.17, 15) is 0 Å². The second kappa shape index (κ2) is 11.6. The van der Waals surface area contributed by atoms with Crippen molar-refractivity contribution in [3.8, 4) is 0 Å². The number of rotatable bonds is 6. The number of aliphatic imine (C=N–C) groups is 2. The van der Waals surface area contributed by atoms with E-state index in [0.717, 1.165) is 22.8 Å². The van der Waals surface area contributed by atoms with Gasteiger partial charge in [-0.1, -0.05) is 128 Å². The van der Waals surface area contributed by atoms with E-state index >= 15 is 0 Å². The van der Waals surface area contributed by atoms with Gasteiger partial charge < -0.3 is 0 Å². The summed E-state index contributed by atoms with van der Waals surface area (Å²) in [6, 6.07) is 26.5. The molecule has 0 N–H and O–H groups in total. The standard InChI is InChI=1S/C36H40N2.Ni.2H/c1-21(2)26-15-11-16-27(22(3)4)33(26)37-35-30-19-9-13-25-14-10-20-31(32(25)30)36(35)38-34-28(23(5)6)17-12-18-29(34)24(7)8;;;/h9-24H,1-8H3;;;. The van der Waals surface area contributed by atoms with Crippen molar-refractivity contribution in [3.05, 3.63) is 106 Å². The first-order valence-corrected chi connectivity index (χ1v) is 14.1. The third-order valence-electron chi connectivity index (χ3n) is 7.77. The van der Waals surface area contributed by atoms with Gasteiger partial charge in [-0.2, -0.15) is 0 Å². The molecule has 1 aliphatic rings. The molecule has 4 aromatic rings. The molecule has 0 aliphatic heterocycles. The van der Waals surface area contributed by atoms with Crippen molar-refractivity contribution in [1.82, 2.24) is 0 Å². The van der Waals surface area contributed by atoms with Crippen molar-refractivity contribution >= 4 is 33.6 Å². The molecule has 4 aromatic carbocycles. The fourth-order valence-corrected chi connectivity index (χ4v) is 5.72. The van der Waals surface area contributed by atoms with E-state index in [1.807, 2.05) is 0 Å². The fraction of sp³-hybridized carbons (Fsp3) is 0.333. The van der Waals surface area contributed by atoms with E-state index in [1.54, 1.807) is 0 Å². The van der Waals surface area contributed by atoms with Crippen molar-refractivity contribution in [2.45, 2.75) is 79.1 Å². The van der Waals surface area contributed by atoms with Crippen LogP contribution in [0.2, 0.25) is 0 Å². The SMILES string of the molecule is CC(C)c1cccc(C(C)C)c1N=C1C(=Nc2c(C(C)C)cccc2C(C)C)c2cccc3cccc1c23.[NiH2]. The summed E-state index contributed by atoms with van der Waals surface area (Å²) >= 11 is 0. The Morgan fingerprint density at radius 3 is 1.05 bits per heavy atom. The molecule has 39 heavy (non-hydrogen) atoms. The predicted molar refractivity (Wildman–Crippen MR) is 168 cm³/mol. The van der Waals surface area contributed by atoms with Crippen LogP contribution in [0.25, 0.3) is 10.8 Å². The molecule has 0 fully saturated rings. The summed E-state index contributed by atoms with van der Waals surface area (Å²) < 4.78 is 0. The van der Waals surface area contributed by atoms with Gasteiger partial charge in [-0.15, -0.1) is 0 Å². The monoisotopic (exact) mass is 560 g/mol. The summed E-state index contributed by atoms with van der Waals surface area (Å²) in [6.45, 7) is 18.1. The van der Waals surface area contributed by atoms with E-state index in [1.165, 1.54) is 44.2 Å². The quantitative estimate of drug-likeness (QED) is 0.209. The molecule has 0 unspecified atom stereocenters. The van der Waals surface area contributed by atoms with E-state index in [0.29, 0.717) is 23.7 Å². The van der Waals surface area contributed by atoms with Gasteiger partial charge in [-0.3, -0.25) is 0 Å². The van der Waals surface area contributed by atoms with Crippen LogP contribution in [0.4, 0.5) is 11.4 Å². The zero-order valence-electron chi connectivity index (χ0n) is 24.5. The first-order valence-electron chi connectivity index (χ1n) is 14.1.